The van der Waals surface area contributed by atoms with Gasteiger partial charge in [0.15, 0.2) is 0 Å². The Hall–Kier alpha value is -1.77. The summed E-state index contributed by atoms with van der Waals surface area (Å²) >= 11 is -0.757. The Morgan fingerprint density at radius 1 is 1.15 bits per heavy atom. The molecule has 0 saturated heterocycles. The molecule has 5 heteroatoms. The molecule has 2 aromatic carbocycles. The van der Waals surface area contributed by atoms with Crippen molar-refractivity contribution < 1.29 is 4.79 Å². The van der Waals surface area contributed by atoms with Crippen LogP contribution >= 0.6 is 0 Å². The van der Waals surface area contributed by atoms with E-state index in [9.17, 15) is 4.79 Å². The van der Waals surface area contributed by atoms with Crippen molar-refractivity contribution in [3.8, 4) is 0 Å². The van der Waals surface area contributed by atoms with Crippen LogP contribution < -0.4 is 10.6 Å². The van der Waals surface area contributed by atoms with Crippen molar-refractivity contribution in [2.45, 2.75) is 36.1 Å². The number of amides is 1. The van der Waals surface area contributed by atoms with Crippen LogP contribution in [0.25, 0.3) is 0 Å². The van der Waals surface area contributed by atoms with Gasteiger partial charge in [-0.15, -0.1) is 0 Å². The standard InChI is InChI=1S/C22H30AsN3O/c1-23(2)12-14-26(17-18-7-4-3-5-8-18)22(27)16-25-21-10-6-9-19-15-24-13-11-20(19)21/h3-10,24-25H,11-17H2,1-2H3. The van der Waals surface area contributed by atoms with Crippen LogP contribution in [0.4, 0.5) is 5.69 Å². The first-order valence-electron chi connectivity index (χ1n) is 9.65. The molecule has 27 heavy (non-hydrogen) atoms. The Morgan fingerprint density at radius 3 is 2.74 bits per heavy atom. The van der Waals surface area contributed by atoms with Crippen molar-refractivity contribution >= 4 is 26.2 Å². The van der Waals surface area contributed by atoms with E-state index >= 15 is 0 Å². The summed E-state index contributed by atoms with van der Waals surface area (Å²) in [7, 11) is 0. The number of carbonyl (C=O) groups excluding carboxylic acids is 1. The van der Waals surface area contributed by atoms with Crippen LogP contribution in [0.15, 0.2) is 48.5 Å². The minimum atomic E-state index is -0.757. The summed E-state index contributed by atoms with van der Waals surface area (Å²) in [5.74, 6) is 0.182. The van der Waals surface area contributed by atoms with Gasteiger partial charge in [0.1, 0.15) is 0 Å². The summed E-state index contributed by atoms with van der Waals surface area (Å²) in [5, 5.41) is 7.99. The summed E-state index contributed by atoms with van der Waals surface area (Å²) in [4.78, 5) is 15.0. The molecule has 0 saturated carbocycles. The predicted molar refractivity (Wildman–Crippen MR) is 114 cm³/mol. The van der Waals surface area contributed by atoms with Gasteiger partial charge in [-0.2, -0.15) is 0 Å². The molecule has 0 radical (unpaired) electrons. The Morgan fingerprint density at radius 2 is 1.96 bits per heavy atom. The fourth-order valence-electron chi connectivity index (χ4n) is 3.40. The van der Waals surface area contributed by atoms with Crippen LogP contribution in [0.5, 0.6) is 0 Å². The normalized spacial score (nSPS) is 13.3. The third-order valence-corrected chi connectivity index (χ3v) is 7.25. The molecule has 0 unspecified atom stereocenters. The number of fused-ring (bicyclic) bond motifs is 1. The average molecular weight is 427 g/mol. The van der Waals surface area contributed by atoms with Crippen molar-refractivity contribution in [2.24, 2.45) is 0 Å². The number of carbonyl (C=O) groups is 1. The molecule has 0 bridgehead atoms. The molecule has 144 valence electrons. The molecule has 1 amide bonds. The molecule has 1 aliphatic rings. The Balaban J connectivity index is 1.65. The Labute approximate surface area is 167 Å². The maximum atomic E-state index is 13.0. The minimum absolute atomic E-state index is 0.182. The van der Waals surface area contributed by atoms with Crippen LogP contribution in [0, 0.1) is 0 Å². The SMILES string of the molecule is C[As](C)CCN(Cc1ccccc1)C(=O)CNc1cccc2c1CCNC2. The maximum absolute atomic E-state index is 13.0. The number of hydrogen-bond donors (Lipinski definition) is 2. The van der Waals surface area contributed by atoms with E-state index in [2.05, 4.69) is 52.4 Å². The van der Waals surface area contributed by atoms with Crippen molar-refractivity contribution in [2.75, 3.05) is 25.0 Å². The monoisotopic (exact) mass is 427 g/mol. The van der Waals surface area contributed by atoms with Gasteiger partial charge in [0.25, 0.3) is 0 Å². The molecule has 0 aromatic heterocycles. The molecule has 0 aliphatic carbocycles. The number of anilines is 1. The molecule has 1 heterocycles. The summed E-state index contributed by atoms with van der Waals surface area (Å²) in [5.41, 5.74) is 9.70. The average Bonchev–Trinajstić information content (AvgIpc) is 2.70. The topological polar surface area (TPSA) is 44.4 Å². The van der Waals surface area contributed by atoms with Crippen molar-refractivity contribution in [1.82, 2.24) is 10.2 Å². The zero-order valence-electron chi connectivity index (χ0n) is 16.4. The number of rotatable bonds is 8. The first-order valence-corrected chi connectivity index (χ1v) is 14.7. The first-order chi connectivity index (χ1) is 13.1. The zero-order valence-corrected chi connectivity index (χ0v) is 18.2. The number of benzene rings is 2. The molecule has 3 rings (SSSR count). The van der Waals surface area contributed by atoms with Gasteiger partial charge in [0, 0.05) is 0 Å². The van der Waals surface area contributed by atoms with Crippen molar-refractivity contribution in [3.63, 3.8) is 0 Å². The van der Waals surface area contributed by atoms with Gasteiger partial charge >= 0.3 is 168 Å². The number of nitrogens with one attached hydrogen (secondary N) is 2. The molecule has 0 spiro atoms. The fourth-order valence-corrected chi connectivity index (χ4v) is 4.74. The van der Waals surface area contributed by atoms with Gasteiger partial charge in [0.2, 0.25) is 0 Å². The fraction of sp³-hybridized carbons (Fsp3) is 0.409. The number of nitrogens with zero attached hydrogens (tertiary/aromatic N) is 1. The molecular weight excluding hydrogens is 397 g/mol. The first kappa shape index (κ1) is 20.0. The van der Waals surface area contributed by atoms with Crippen LogP contribution in [0.2, 0.25) is 16.6 Å². The molecular formula is C22H30AsN3O. The molecule has 0 atom stereocenters. The summed E-state index contributed by atoms with van der Waals surface area (Å²) in [6.07, 6.45) is 1.01. The number of hydrogen-bond acceptors (Lipinski definition) is 3. The Kier molecular flexibility index (Phi) is 7.37. The van der Waals surface area contributed by atoms with Gasteiger partial charge in [-0.25, -0.2) is 0 Å². The van der Waals surface area contributed by atoms with E-state index in [1.807, 2.05) is 23.1 Å². The van der Waals surface area contributed by atoms with Crippen LogP contribution in [-0.2, 0) is 24.3 Å². The van der Waals surface area contributed by atoms with Gasteiger partial charge in [-0.05, 0) is 0 Å². The van der Waals surface area contributed by atoms with Crippen LogP contribution in [-0.4, -0.2) is 45.1 Å². The van der Waals surface area contributed by atoms with E-state index in [0.29, 0.717) is 13.1 Å². The van der Waals surface area contributed by atoms with E-state index in [1.54, 1.807) is 0 Å². The zero-order chi connectivity index (χ0) is 19.1. The molecule has 2 N–H and O–H groups in total. The van der Waals surface area contributed by atoms with Crippen molar-refractivity contribution in [3.05, 3.63) is 65.2 Å². The van der Waals surface area contributed by atoms with E-state index in [-0.39, 0.29) is 5.91 Å². The third-order valence-electron chi connectivity index (χ3n) is 4.96. The van der Waals surface area contributed by atoms with Gasteiger partial charge in [0.05, 0.1) is 0 Å². The summed E-state index contributed by atoms with van der Waals surface area (Å²) in [6.45, 7) is 3.83. The predicted octanol–water partition coefficient (Wildman–Crippen LogP) is 3.53. The third kappa shape index (κ3) is 5.85. The molecule has 0 fully saturated rings. The van der Waals surface area contributed by atoms with Gasteiger partial charge < -0.3 is 0 Å². The van der Waals surface area contributed by atoms with Gasteiger partial charge in [-0.3, -0.25) is 0 Å². The molecule has 2 aromatic rings. The van der Waals surface area contributed by atoms with E-state index in [1.165, 1.54) is 16.7 Å². The molecule has 1 aliphatic heterocycles. The summed E-state index contributed by atoms with van der Waals surface area (Å²) < 4.78 is 0. The van der Waals surface area contributed by atoms with E-state index < -0.39 is 14.7 Å². The van der Waals surface area contributed by atoms with Crippen molar-refractivity contribution in [1.29, 1.82) is 0 Å². The van der Waals surface area contributed by atoms with E-state index in [4.69, 9.17) is 0 Å². The Bertz CT molecular complexity index is 748. The van der Waals surface area contributed by atoms with Crippen LogP contribution in [0.3, 0.4) is 0 Å². The summed E-state index contributed by atoms with van der Waals surface area (Å²) in [6, 6.07) is 16.6. The molecule has 4 nitrogen and oxygen atoms in total. The second-order valence-electron chi connectivity index (χ2n) is 7.33. The van der Waals surface area contributed by atoms with E-state index in [0.717, 1.165) is 37.0 Å². The second-order valence-corrected chi connectivity index (χ2v) is 12.8. The van der Waals surface area contributed by atoms with Crippen LogP contribution in [0.1, 0.15) is 16.7 Å². The second kappa shape index (κ2) is 9.96. The van der Waals surface area contributed by atoms with Gasteiger partial charge in [-0.1, -0.05) is 0 Å². The quantitative estimate of drug-likeness (QED) is 0.634.